The molecule has 0 bridgehead atoms. The Hall–Kier alpha value is -3.02. The second-order valence-corrected chi connectivity index (χ2v) is 5.39. The van der Waals surface area contributed by atoms with Crippen molar-refractivity contribution in [1.29, 1.82) is 0 Å². The third kappa shape index (κ3) is 3.65. The van der Waals surface area contributed by atoms with Crippen molar-refractivity contribution in [3.63, 3.8) is 0 Å². The fourth-order valence-electron chi connectivity index (χ4n) is 2.25. The molecule has 0 radical (unpaired) electrons. The van der Waals surface area contributed by atoms with E-state index in [1.54, 1.807) is 24.3 Å². The summed E-state index contributed by atoms with van der Waals surface area (Å²) in [6.45, 7) is 4.58. The maximum absolute atomic E-state index is 12.3. The number of hydrogen-bond donors (Lipinski definition) is 0. The zero-order valence-corrected chi connectivity index (χ0v) is 13.6. The van der Waals surface area contributed by atoms with Crippen LogP contribution in [0.15, 0.2) is 48.5 Å². The van der Waals surface area contributed by atoms with E-state index in [2.05, 4.69) is 15.4 Å². The third-order valence-electron chi connectivity index (χ3n) is 3.53. The van der Waals surface area contributed by atoms with Crippen LogP contribution >= 0.6 is 0 Å². The molecule has 0 atom stereocenters. The quantitative estimate of drug-likeness (QED) is 0.653. The van der Waals surface area contributed by atoms with Crippen molar-refractivity contribution in [2.45, 2.75) is 20.4 Å². The van der Waals surface area contributed by atoms with Gasteiger partial charge >= 0.3 is 0 Å². The van der Waals surface area contributed by atoms with E-state index in [9.17, 15) is 4.79 Å². The smallest absolute Gasteiger partial charge is 0.204 e. The first-order valence-corrected chi connectivity index (χ1v) is 7.76. The Kier molecular flexibility index (Phi) is 4.65. The molecule has 0 spiro atoms. The number of ketones is 1. The molecule has 6 heteroatoms. The van der Waals surface area contributed by atoms with Crippen molar-refractivity contribution in [1.82, 2.24) is 20.2 Å². The van der Waals surface area contributed by atoms with Gasteiger partial charge in [0.25, 0.3) is 0 Å². The van der Waals surface area contributed by atoms with E-state index >= 15 is 0 Å². The number of benzene rings is 2. The Bertz CT molecular complexity index is 823. The largest absolute Gasteiger partial charge is 0.494 e. The Labute approximate surface area is 140 Å². The molecule has 0 aliphatic carbocycles. The predicted molar refractivity (Wildman–Crippen MR) is 89.9 cm³/mol. The molecule has 0 unspecified atom stereocenters. The molecule has 0 amide bonds. The second kappa shape index (κ2) is 7.04. The van der Waals surface area contributed by atoms with Crippen LogP contribution in [0.1, 0.15) is 22.8 Å². The molecular formula is C18H18N4O2. The number of hydrogen-bond acceptors (Lipinski definition) is 5. The van der Waals surface area contributed by atoms with Crippen LogP contribution in [0.3, 0.4) is 0 Å². The monoisotopic (exact) mass is 322 g/mol. The second-order valence-electron chi connectivity index (χ2n) is 5.39. The molecule has 0 saturated heterocycles. The molecule has 0 saturated carbocycles. The van der Waals surface area contributed by atoms with Crippen molar-refractivity contribution in [3.8, 4) is 17.1 Å². The molecule has 6 nitrogen and oxygen atoms in total. The first kappa shape index (κ1) is 15.9. The van der Waals surface area contributed by atoms with Crippen LogP contribution in [-0.2, 0) is 6.54 Å². The minimum absolute atomic E-state index is 0.0485. The van der Waals surface area contributed by atoms with E-state index in [0.717, 1.165) is 16.9 Å². The highest BCUT2D eigenvalue weighted by Crippen LogP contribution is 2.15. The average molecular weight is 322 g/mol. The van der Waals surface area contributed by atoms with Gasteiger partial charge in [0.2, 0.25) is 5.82 Å². The van der Waals surface area contributed by atoms with Crippen LogP contribution in [0.5, 0.6) is 5.75 Å². The maximum Gasteiger partial charge on any atom is 0.204 e. The Balaban J connectivity index is 1.69. The number of tetrazole rings is 1. The fourth-order valence-corrected chi connectivity index (χ4v) is 2.25. The van der Waals surface area contributed by atoms with Crippen molar-refractivity contribution in [2.24, 2.45) is 0 Å². The predicted octanol–water partition coefficient (Wildman–Crippen LogP) is 2.93. The van der Waals surface area contributed by atoms with Gasteiger partial charge in [-0.2, -0.15) is 4.80 Å². The van der Waals surface area contributed by atoms with Crippen LogP contribution < -0.4 is 4.74 Å². The van der Waals surface area contributed by atoms with E-state index in [1.807, 2.05) is 38.1 Å². The molecule has 1 heterocycles. The topological polar surface area (TPSA) is 69.9 Å². The van der Waals surface area contributed by atoms with Crippen LogP contribution in [0.2, 0.25) is 0 Å². The molecule has 0 fully saturated rings. The molecular weight excluding hydrogens is 304 g/mol. The van der Waals surface area contributed by atoms with Gasteiger partial charge in [0, 0.05) is 11.1 Å². The van der Waals surface area contributed by atoms with Crippen molar-refractivity contribution >= 4 is 5.78 Å². The summed E-state index contributed by atoms with van der Waals surface area (Å²) in [7, 11) is 0. The first-order chi connectivity index (χ1) is 11.7. The van der Waals surface area contributed by atoms with Gasteiger partial charge in [-0.3, -0.25) is 4.79 Å². The highest BCUT2D eigenvalue weighted by Gasteiger charge is 2.11. The first-order valence-electron chi connectivity index (χ1n) is 7.76. The van der Waals surface area contributed by atoms with Crippen molar-refractivity contribution < 1.29 is 9.53 Å². The normalized spacial score (nSPS) is 10.6. The van der Waals surface area contributed by atoms with Crippen molar-refractivity contribution in [3.05, 3.63) is 59.7 Å². The standard InChI is InChI=1S/C18H18N4O2/c1-3-24-16-10-8-14(9-11-16)17(23)12-22-20-18(19-21-22)15-6-4-13(2)5-7-15/h4-11H,3,12H2,1-2H3. The van der Waals surface area contributed by atoms with Gasteiger partial charge in [0.15, 0.2) is 5.78 Å². The van der Waals surface area contributed by atoms with E-state index in [4.69, 9.17) is 4.74 Å². The molecule has 3 rings (SSSR count). The highest BCUT2D eigenvalue weighted by atomic mass is 16.5. The average Bonchev–Trinajstić information content (AvgIpc) is 3.05. The SMILES string of the molecule is CCOc1ccc(C(=O)Cn2nnc(-c3ccc(C)cc3)n2)cc1. The molecule has 2 aromatic carbocycles. The summed E-state index contributed by atoms with van der Waals surface area (Å²) in [6.07, 6.45) is 0. The third-order valence-corrected chi connectivity index (χ3v) is 3.53. The number of ether oxygens (including phenoxy) is 1. The zero-order valence-electron chi connectivity index (χ0n) is 13.6. The lowest BCUT2D eigenvalue weighted by Crippen LogP contribution is -2.13. The molecule has 0 aliphatic rings. The van der Waals surface area contributed by atoms with Gasteiger partial charge in [-0.05, 0) is 43.3 Å². The molecule has 0 N–H and O–H groups in total. The van der Waals surface area contributed by atoms with E-state index < -0.39 is 0 Å². The summed E-state index contributed by atoms with van der Waals surface area (Å²) in [5, 5.41) is 12.2. The minimum atomic E-state index is -0.0779. The molecule has 1 aromatic heterocycles. The van der Waals surface area contributed by atoms with Crippen molar-refractivity contribution in [2.75, 3.05) is 6.61 Å². The van der Waals surface area contributed by atoms with Gasteiger partial charge in [-0.15, -0.1) is 10.2 Å². The molecule has 3 aromatic rings. The summed E-state index contributed by atoms with van der Waals surface area (Å²) in [4.78, 5) is 13.6. The number of aryl methyl sites for hydroxylation is 1. The van der Waals surface area contributed by atoms with E-state index in [0.29, 0.717) is 18.0 Å². The van der Waals surface area contributed by atoms with Crippen LogP contribution in [-0.4, -0.2) is 32.6 Å². The summed E-state index contributed by atoms with van der Waals surface area (Å²) in [5.41, 5.74) is 2.63. The number of nitrogens with zero attached hydrogens (tertiary/aromatic N) is 4. The lowest BCUT2D eigenvalue weighted by molar-refractivity contribution is 0.0961. The number of aromatic nitrogens is 4. The van der Waals surface area contributed by atoms with Gasteiger partial charge in [0.05, 0.1) is 6.61 Å². The lowest BCUT2D eigenvalue weighted by Gasteiger charge is -2.04. The zero-order chi connectivity index (χ0) is 16.9. The van der Waals surface area contributed by atoms with E-state index in [-0.39, 0.29) is 12.3 Å². The van der Waals surface area contributed by atoms with Crippen LogP contribution in [0, 0.1) is 6.92 Å². The Morgan fingerprint density at radius 3 is 2.46 bits per heavy atom. The minimum Gasteiger partial charge on any atom is -0.494 e. The molecule has 0 aliphatic heterocycles. The lowest BCUT2D eigenvalue weighted by atomic mass is 10.1. The van der Waals surface area contributed by atoms with Gasteiger partial charge in [-0.25, -0.2) is 0 Å². The summed E-state index contributed by atoms with van der Waals surface area (Å²) in [6, 6.07) is 14.9. The number of Topliss-reactive ketones (excluding diaryl/α,β-unsaturated/α-hetero) is 1. The maximum atomic E-state index is 12.3. The van der Waals surface area contributed by atoms with Crippen LogP contribution in [0.25, 0.3) is 11.4 Å². The molecule has 24 heavy (non-hydrogen) atoms. The van der Waals surface area contributed by atoms with Gasteiger partial charge < -0.3 is 4.74 Å². The summed E-state index contributed by atoms with van der Waals surface area (Å²) >= 11 is 0. The Morgan fingerprint density at radius 2 is 1.79 bits per heavy atom. The summed E-state index contributed by atoms with van der Waals surface area (Å²) in [5.74, 6) is 1.18. The van der Waals surface area contributed by atoms with Crippen LogP contribution in [0.4, 0.5) is 0 Å². The number of carbonyl (C=O) groups is 1. The number of carbonyl (C=O) groups excluding carboxylic acids is 1. The Morgan fingerprint density at radius 1 is 1.08 bits per heavy atom. The number of rotatable bonds is 6. The molecule has 122 valence electrons. The fraction of sp³-hybridized carbons (Fsp3) is 0.222. The van der Waals surface area contributed by atoms with Gasteiger partial charge in [0.1, 0.15) is 12.3 Å². The highest BCUT2D eigenvalue weighted by molar-refractivity contribution is 5.95. The van der Waals surface area contributed by atoms with Gasteiger partial charge in [-0.1, -0.05) is 29.8 Å². The summed E-state index contributed by atoms with van der Waals surface area (Å²) < 4.78 is 5.37. The van der Waals surface area contributed by atoms with E-state index in [1.165, 1.54) is 4.80 Å².